The average molecular weight is 246 g/mol. The van der Waals surface area contributed by atoms with Crippen LogP contribution in [0.3, 0.4) is 0 Å². The van der Waals surface area contributed by atoms with Gasteiger partial charge in [0.05, 0.1) is 6.10 Å². The van der Waals surface area contributed by atoms with Gasteiger partial charge in [0.25, 0.3) is 0 Å². The summed E-state index contributed by atoms with van der Waals surface area (Å²) in [4.78, 5) is 12.3. The Morgan fingerprint density at radius 1 is 1.28 bits per heavy atom. The van der Waals surface area contributed by atoms with Crippen LogP contribution in [0.2, 0.25) is 0 Å². The van der Waals surface area contributed by atoms with Crippen molar-refractivity contribution in [1.82, 2.24) is 0 Å². The molecule has 1 aromatic carbocycles. The average Bonchev–Trinajstić information content (AvgIpc) is 2.77. The predicted octanol–water partition coefficient (Wildman–Crippen LogP) is 3.75. The second kappa shape index (κ2) is 5.66. The largest absolute Gasteiger partial charge is 0.378 e. The molecule has 2 heteroatoms. The fourth-order valence-corrected chi connectivity index (χ4v) is 2.91. The zero-order valence-electron chi connectivity index (χ0n) is 11.6. The summed E-state index contributed by atoms with van der Waals surface area (Å²) in [6, 6.07) is 4.18. The van der Waals surface area contributed by atoms with Gasteiger partial charge in [-0.05, 0) is 51.2 Å². The number of Topliss-reactive ketones (excluding diaryl/α,β-unsaturated/α-hetero) is 1. The Morgan fingerprint density at radius 2 is 1.94 bits per heavy atom. The van der Waals surface area contributed by atoms with Crippen LogP contribution in [-0.4, -0.2) is 18.5 Å². The normalized spacial score (nSPS) is 19.2. The lowest BCUT2D eigenvalue weighted by Crippen LogP contribution is -2.11. The number of aryl methyl sites for hydroxylation is 3. The third-order valence-corrected chi connectivity index (χ3v) is 3.67. The number of benzene rings is 1. The molecule has 1 saturated heterocycles. The van der Waals surface area contributed by atoms with Crippen molar-refractivity contribution in [1.29, 1.82) is 0 Å². The molecule has 0 aliphatic carbocycles. The molecule has 0 aromatic heterocycles. The molecule has 1 aromatic rings. The highest BCUT2D eigenvalue weighted by molar-refractivity contribution is 5.98. The van der Waals surface area contributed by atoms with E-state index in [1.807, 2.05) is 13.8 Å². The summed E-state index contributed by atoms with van der Waals surface area (Å²) in [6.45, 7) is 6.99. The molecule has 2 nitrogen and oxygen atoms in total. The van der Waals surface area contributed by atoms with Crippen molar-refractivity contribution in [2.24, 2.45) is 0 Å². The zero-order valence-corrected chi connectivity index (χ0v) is 11.6. The van der Waals surface area contributed by atoms with Crippen molar-refractivity contribution in [3.05, 3.63) is 34.4 Å². The highest BCUT2D eigenvalue weighted by atomic mass is 16.5. The summed E-state index contributed by atoms with van der Waals surface area (Å²) < 4.78 is 5.57. The van der Waals surface area contributed by atoms with Gasteiger partial charge in [-0.3, -0.25) is 4.79 Å². The van der Waals surface area contributed by atoms with Crippen LogP contribution in [0.1, 0.15) is 52.7 Å². The van der Waals surface area contributed by atoms with Crippen molar-refractivity contribution in [3.8, 4) is 0 Å². The molecule has 1 unspecified atom stereocenters. The minimum Gasteiger partial charge on any atom is -0.378 e. The number of hydrogen-bond donors (Lipinski definition) is 0. The minimum absolute atomic E-state index is 0.264. The predicted molar refractivity (Wildman–Crippen MR) is 73.2 cm³/mol. The van der Waals surface area contributed by atoms with Crippen LogP contribution < -0.4 is 0 Å². The first kappa shape index (κ1) is 13.3. The van der Waals surface area contributed by atoms with Crippen LogP contribution in [0.25, 0.3) is 0 Å². The van der Waals surface area contributed by atoms with Gasteiger partial charge < -0.3 is 4.74 Å². The SMILES string of the molecule is Cc1cc(C)c(C(=O)CCC2CCCO2)c(C)c1. The van der Waals surface area contributed by atoms with Crippen LogP contribution in [0, 0.1) is 20.8 Å². The van der Waals surface area contributed by atoms with E-state index >= 15 is 0 Å². The van der Waals surface area contributed by atoms with E-state index in [-0.39, 0.29) is 5.78 Å². The van der Waals surface area contributed by atoms with E-state index < -0.39 is 0 Å². The van der Waals surface area contributed by atoms with Gasteiger partial charge in [-0.1, -0.05) is 17.7 Å². The first-order valence-corrected chi connectivity index (χ1v) is 6.80. The molecule has 98 valence electrons. The van der Waals surface area contributed by atoms with Crippen LogP contribution in [0.15, 0.2) is 12.1 Å². The molecule has 1 fully saturated rings. The Balaban J connectivity index is 2.04. The Morgan fingerprint density at radius 3 is 2.50 bits per heavy atom. The maximum absolute atomic E-state index is 12.3. The van der Waals surface area contributed by atoms with Gasteiger partial charge in [-0.25, -0.2) is 0 Å². The topological polar surface area (TPSA) is 26.3 Å². The molecule has 1 atom stereocenters. The smallest absolute Gasteiger partial charge is 0.163 e. The van der Waals surface area contributed by atoms with Crippen LogP contribution in [0.5, 0.6) is 0 Å². The molecule has 0 saturated carbocycles. The van der Waals surface area contributed by atoms with Crippen molar-refractivity contribution in [2.75, 3.05) is 6.61 Å². The van der Waals surface area contributed by atoms with E-state index in [9.17, 15) is 4.79 Å². The van der Waals surface area contributed by atoms with Gasteiger partial charge in [-0.15, -0.1) is 0 Å². The van der Waals surface area contributed by atoms with Gasteiger partial charge in [0, 0.05) is 18.6 Å². The van der Waals surface area contributed by atoms with Crippen molar-refractivity contribution >= 4 is 5.78 Å². The third-order valence-electron chi connectivity index (χ3n) is 3.67. The lowest BCUT2D eigenvalue weighted by molar-refractivity contribution is 0.0858. The lowest BCUT2D eigenvalue weighted by atomic mass is 9.94. The second-order valence-electron chi connectivity index (χ2n) is 5.37. The van der Waals surface area contributed by atoms with Crippen molar-refractivity contribution in [3.63, 3.8) is 0 Å². The molecule has 0 spiro atoms. The summed E-state index contributed by atoms with van der Waals surface area (Å²) in [5.74, 6) is 0.264. The quantitative estimate of drug-likeness (QED) is 0.756. The van der Waals surface area contributed by atoms with Gasteiger partial charge in [0.1, 0.15) is 0 Å². The molecule has 1 aliphatic rings. The first-order chi connectivity index (χ1) is 8.58. The highest BCUT2D eigenvalue weighted by Gasteiger charge is 2.19. The van der Waals surface area contributed by atoms with Gasteiger partial charge >= 0.3 is 0 Å². The monoisotopic (exact) mass is 246 g/mol. The number of carbonyl (C=O) groups excluding carboxylic acids is 1. The van der Waals surface area contributed by atoms with Gasteiger partial charge in [0.15, 0.2) is 5.78 Å². The minimum atomic E-state index is 0.264. The molecule has 0 N–H and O–H groups in total. The molecule has 0 amide bonds. The lowest BCUT2D eigenvalue weighted by Gasteiger charge is -2.12. The van der Waals surface area contributed by atoms with Crippen molar-refractivity contribution < 1.29 is 9.53 Å². The fourth-order valence-electron chi connectivity index (χ4n) is 2.91. The number of rotatable bonds is 4. The standard InChI is InChI=1S/C16H22O2/c1-11-9-12(2)16(13(3)10-11)15(17)7-6-14-5-4-8-18-14/h9-10,14H,4-8H2,1-3H3. The van der Waals surface area contributed by atoms with Crippen LogP contribution in [-0.2, 0) is 4.74 Å². The first-order valence-electron chi connectivity index (χ1n) is 6.80. The molecule has 1 heterocycles. The molecule has 2 rings (SSSR count). The van der Waals surface area contributed by atoms with E-state index in [1.165, 1.54) is 5.56 Å². The summed E-state index contributed by atoms with van der Waals surface area (Å²) in [5.41, 5.74) is 4.34. The van der Waals surface area contributed by atoms with E-state index in [0.29, 0.717) is 12.5 Å². The van der Waals surface area contributed by atoms with Gasteiger partial charge in [-0.2, -0.15) is 0 Å². The maximum atomic E-state index is 12.3. The molecule has 18 heavy (non-hydrogen) atoms. The van der Waals surface area contributed by atoms with E-state index in [2.05, 4.69) is 19.1 Å². The van der Waals surface area contributed by atoms with E-state index in [1.54, 1.807) is 0 Å². The number of ketones is 1. The van der Waals surface area contributed by atoms with Crippen molar-refractivity contribution in [2.45, 2.75) is 52.6 Å². The number of hydrogen-bond acceptors (Lipinski definition) is 2. The maximum Gasteiger partial charge on any atom is 0.163 e. The summed E-state index contributed by atoms with van der Waals surface area (Å²) in [5, 5.41) is 0. The fraction of sp³-hybridized carbons (Fsp3) is 0.562. The highest BCUT2D eigenvalue weighted by Crippen LogP contribution is 2.22. The van der Waals surface area contributed by atoms with Crippen LogP contribution >= 0.6 is 0 Å². The van der Waals surface area contributed by atoms with E-state index in [4.69, 9.17) is 4.74 Å². The summed E-state index contributed by atoms with van der Waals surface area (Å²) in [7, 11) is 0. The molecule has 1 aliphatic heterocycles. The molecular formula is C16H22O2. The van der Waals surface area contributed by atoms with E-state index in [0.717, 1.165) is 42.6 Å². The summed E-state index contributed by atoms with van der Waals surface area (Å²) in [6.07, 6.45) is 4.03. The van der Waals surface area contributed by atoms with Gasteiger partial charge in [0.2, 0.25) is 0 Å². The third kappa shape index (κ3) is 2.99. The summed E-state index contributed by atoms with van der Waals surface area (Å²) >= 11 is 0. The number of ether oxygens (including phenoxy) is 1. The zero-order chi connectivity index (χ0) is 13.1. The second-order valence-corrected chi connectivity index (χ2v) is 5.37. The number of carbonyl (C=O) groups is 1. The Hall–Kier alpha value is -1.15. The Kier molecular flexibility index (Phi) is 4.18. The Bertz CT molecular complexity index is 419. The Labute approximate surface area is 109 Å². The molecular weight excluding hydrogens is 224 g/mol. The van der Waals surface area contributed by atoms with Crippen LogP contribution in [0.4, 0.5) is 0 Å². The molecule has 0 radical (unpaired) electrons. The molecule has 0 bridgehead atoms.